The number of carbonyl (C=O) groups excluding carboxylic acids is 1. The maximum Gasteiger partial charge on any atom is 0.282 e. The van der Waals surface area contributed by atoms with Crippen LogP contribution in [0.4, 0.5) is 0 Å². The van der Waals surface area contributed by atoms with Crippen LogP contribution in [0, 0.1) is 0 Å². The van der Waals surface area contributed by atoms with Crippen LogP contribution in [0.25, 0.3) is 0 Å². The van der Waals surface area contributed by atoms with Crippen LogP contribution in [-0.4, -0.2) is 19.0 Å². The number of hydrogen-bond acceptors (Lipinski definition) is 3. The summed E-state index contributed by atoms with van der Waals surface area (Å²) in [6.45, 7) is 7.05. The number of unbranched alkanes of at least 4 members (excludes halogenated alkanes) is 4. The fourth-order valence-electron chi connectivity index (χ4n) is 1.34. The van der Waals surface area contributed by atoms with E-state index in [0.717, 1.165) is 38.5 Å². The summed E-state index contributed by atoms with van der Waals surface area (Å²) in [6.07, 6.45) is 8.04. The molecule has 3 heteroatoms. The van der Waals surface area contributed by atoms with E-state index in [1.807, 2.05) is 0 Å². The Hall–Kier alpha value is -0.990. The highest BCUT2D eigenvalue weighted by Crippen LogP contribution is 2.06. The number of ether oxygens (including phenoxy) is 2. The van der Waals surface area contributed by atoms with Gasteiger partial charge in [0.15, 0.2) is 5.78 Å². The van der Waals surface area contributed by atoms with E-state index in [-0.39, 0.29) is 5.78 Å². The zero-order valence-electron chi connectivity index (χ0n) is 11.5. The van der Waals surface area contributed by atoms with Crippen molar-refractivity contribution in [3.63, 3.8) is 0 Å². The van der Waals surface area contributed by atoms with Gasteiger partial charge in [-0.3, -0.25) is 4.79 Å². The summed E-state index contributed by atoms with van der Waals surface area (Å²) in [7, 11) is 0. The molecule has 0 aliphatic carbocycles. The van der Waals surface area contributed by atoms with E-state index in [1.54, 1.807) is 0 Å². The van der Waals surface area contributed by atoms with Crippen molar-refractivity contribution >= 4 is 5.78 Å². The minimum Gasteiger partial charge on any atom is -0.465 e. The first-order valence-electron chi connectivity index (χ1n) is 6.68. The second kappa shape index (κ2) is 11.5. The largest absolute Gasteiger partial charge is 0.465 e. The van der Waals surface area contributed by atoms with Crippen molar-refractivity contribution in [3.05, 3.63) is 12.0 Å². The molecule has 0 fully saturated rings. The molecule has 0 saturated heterocycles. The van der Waals surface area contributed by atoms with Crippen LogP contribution < -0.4 is 0 Å². The Kier molecular flexibility index (Phi) is 10.8. The van der Waals surface area contributed by atoms with Gasteiger partial charge in [-0.2, -0.15) is 0 Å². The van der Waals surface area contributed by atoms with Crippen molar-refractivity contribution in [1.29, 1.82) is 0 Å². The number of rotatable bonds is 11. The molecular formula is C14H26O3. The van der Waals surface area contributed by atoms with Gasteiger partial charge in [-0.05, 0) is 19.8 Å². The average molecular weight is 242 g/mol. The second-order valence-electron chi connectivity index (χ2n) is 4.19. The summed E-state index contributed by atoms with van der Waals surface area (Å²) < 4.78 is 10.9. The summed E-state index contributed by atoms with van der Waals surface area (Å²) in [5.74, 6) is 0.343. The molecule has 0 amide bonds. The number of ketones is 1. The smallest absolute Gasteiger partial charge is 0.282 e. The monoisotopic (exact) mass is 242 g/mol. The van der Waals surface area contributed by atoms with Gasteiger partial charge < -0.3 is 9.47 Å². The first-order valence-corrected chi connectivity index (χ1v) is 6.68. The molecule has 0 N–H and O–H groups in total. The van der Waals surface area contributed by atoms with Gasteiger partial charge >= 0.3 is 0 Å². The third kappa shape index (κ3) is 11.3. The highest BCUT2D eigenvalue weighted by atomic mass is 16.7. The molecule has 0 bridgehead atoms. The lowest BCUT2D eigenvalue weighted by molar-refractivity contribution is -0.113. The van der Waals surface area contributed by atoms with E-state index in [1.165, 1.54) is 13.0 Å². The van der Waals surface area contributed by atoms with E-state index in [0.29, 0.717) is 19.2 Å². The summed E-state index contributed by atoms with van der Waals surface area (Å²) >= 11 is 0. The molecule has 0 saturated carbocycles. The van der Waals surface area contributed by atoms with E-state index >= 15 is 0 Å². The molecule has 0 spiro atoms. The molecule has 100 valence electrons. The van der Waals surface area contributed by atoms with Gasteiger partial charge in [0, 0.05) is 0 Å². The van der Waals surface area contributed by atoms with E-state index < -0.39 is 0 Å². The first-order chi connectivity index (χ1) is 8.20. The third-order valence-corrected chi connectivity index (χ3v) is 2.31. The molecule has 0 heterocycles. The fraction of sp³-hybridized carbons (Fsp3) is 0.786. The van der Waals surface area contributed by atoms with Gasteiger partial charge in [-0.25, -0.2) is 0 Å². The Bertz CT molecular complexity index is 208. The van der Waals surface area contributed by atoms with Gasteiger partial charge in [-0.1, -0.05) is 39.5 Å². The van der Waals surface area contributed by atoms with Crippen molar-refractivity contribution in [2.75, 3.05) is 13.2 Å². The maximum absolute atomic E-state index is 11.0. The molecule has 0 aromatic rings. The highest BCUT2D eigenvalue weighted by Gasteiger charge is 2.01. The molecule has 17 heavy (non-hydrogen) atoms. The average Bonchev–Trinajstić information content (AvgIpc) is 2.29. The first kappa shape index (κ1) is 16.0. The van der Waals surface area contributed by atoms with Gasteiger partial charge in [0.2, 0.25) is 0 Å². The van der Waals surface area contributed by atoms with E-state index in [9.17, 15) is 4.79 Å². The van der Waals surface area contributed by atoms with Gasteiger partial charge in [0.25, 0.3) is 5.95 Å². The Morgan fingerprint density at radius 2 is 1.41 bits per heavy atom. The van der Waals surface area contributed by atoms with Crippen LogP contribution in [0.5, 0.6) is 0 Å². The molecule has 0 radical (unpaired) electrons. The lowest BCUT2D eigenvalue weighted by Gasteiger charge is -2.11. The van der Waals surface area contributed by atoms with Gasteiger partial charge in [-0.15, -0.1) is 0 Å². The molecule has 0 aromatic heterocycles. The van der Waals surface area contributed by atoms with Crippen LogP contribution in [-0.2, 0) is 14.3 Å². The van der Waals surface area contributed by atoms with Crippen LogP contribution in [0.2, 0.25) is 0 Å². The zero-order chi connectivity index (χ0) is 12.9. The number of carbonyl (C=O) groups is 1. The number of hydrogen-bond donors (Lipinski definition) is 0. The van der Waals surface area contributed by atoms with Crippen LogP contribution in [0.1, 0.15) is 59.3 Å². The lowest BCUT2D eigenvalue weighted by atomic mass is 10.3. The topological polar surface area (TPSA) is 35.5 Å². The molecule has 3 nitrogen and oxygen atoms in total. The standard InChI is InChI=1S/C14H26O3/c1-4-6-8-10-16-14(12-13(3)15)17-11-9-7-5-2/h12H,4-11H2,1-3H3. The SMILES string of the molecule is CCCCCOC(=CC(C)=O)OCCCCC. The van der Waals surface area contributed by atoms with Crippen molar-refractivity contribution in [1.82, 2.24) is 0 Å². The molecular weight excluding hydrogens is 216 g/mol. The summed E-state index contributed by atoms with van der Waals surface area (Å²) in [4.78, 5) is 11.0. The molecule has 0 atom stereocenters. The fourth-order valence-corrected chi connectivity index (χ4v) is 1.34. The summed E-state index contributed by atoms with van der Waals surface area (Å²) in [5.41, 5.74) is 0. The van der Waals surface area contributed by atoms with Crippen LogP contribution in [0.15, 0.2) is 12.0 Å². The number of allylic oxidation sites excluding steroid dienone is 1. The predicted octanol–water partition coefficient (Wildman–Crippen LogP) is 3.83. The van der Waals surface area contributed by atoms with Crippen molar-refractivity contribution in [2.24, 2.45) is 0 Å². The molecule has 0 aliphatic heterocycles. The molecule has 0 unspecified atom stereocenters. The zero-order valence-corrected chi connectivity index (χ0v) is 11.5. The molecule has 0 rings (SSSR count). The van der Waals surface area contributed by atoms with Crippen LogP contribution in [0.3, 0.4) is 0 Å². The van der Waals surface area contributed by atoms with Gasteiger partial charge in [0.1, 0.15) is 0 Å². The Morgan fingerprint density at radius 1 is 0.941 bits per heavy atom. The third-order valence-electron chi connectivity index (χ3n) is 2.31. The second-order valence-corrected chi connectivity index (χ2v) is 4.19. The minimum atomic E-state index is -0.0361. The maximum atomic E-state index is 11.0. The van der Waals surface area contributed by atoms with Crippen LogP contribution >= 0.6 is 0 Å². The normalized spacial score (nSPS) is 9.82. The quantitative estimate of drug-likeness (QED) is 0.314. The lowest BCUT2D eigenvalue weighted by Crippen LogP contribution is -2.03. The van der Waals surface area contributed by atoms with E-state index in [4.69, 9.17) is 9.47 Å². The Labute approximate surface area is 105 Å². The molecule has 0 aliphatic rings. The highest BCUT2D eigenvalue weighted by molar-refractivity contribution is 5.87. The predicted molar refractivity (Wildman–Crippen MR) is 69.7 cm³/mol. The minimum absolute atomic E-state index is 0.0361. The molecule has 0 aromatic carbocycles. The Morgan fingerprint density at radius 3 is 1.76 bits per heavy atom. The van der Waals surface area contributed by atoms with Crippen molar-refractivity contribution in [3.8, 4) is 0 Å². The van der Waals surface area contributed by atoms with Gasteiger partial charge in [0.05, 0.1) is 19.3 Å². The van der Waals surface area contributed by atoms with Crippen molar-refractivity contribution < 1.29 is 14.3 Å². The summed E-state index contributed by atoms with van der Waals surface area (Å²) in [6, 6.07) is 0. The Balaban J connectivity index is 3.85. The summed E-state index contributed by atoms with van der Waals surface area (Å²) in [5, 5.41) is 0. The van der Waals surface area contributed by atoms with E-state index in [2.05, 4.69) is 13.8 Å². The van der Waals surface area contributed by atoms with Crippen molar-refractivity contribution in [2.45, 2.75) is 59.3 Å².